The van der Waals surface area contributed by atoms with E-state index in [9.17, 15) is 4.79 Å². The van der Waals surface area contributed by atoms with Crippen molar-refractivity contribution >= 4 is 5.91 Å². The summed E-state index contributed by atoms with van der Waals surface area (Å²) in [4.78, 5) is 14.6. The molecule has 1 aromatic carbocycles. The SMILES string of the molecule is CCN1CCCC(NC(=O)c2ccc(C#CCO)cc2)C1. The van der Waals surface area contributed by atoms with Crippen molar-refractivity contribution in [3.63, 3.8) is 0 Å². The summed E-state index contributed by atoms with van der Waals surface area (Å²) in [6.45, 7) is 5.09. The minimum Gasteiger partial charge on any atom is -0.384 e. The number of aliphatic hydroxyl groups is 1. The second kappa shape index (κ2) is 7.82. The molecule has 1 heterocycles. The van der Waals surface area contributed by atoms with Gasteiger partial charge in [0.25, 0.3) is 5.91 Å². The molecule has 1 aromatic rings. The lowest BCUT2D eigenvalue weighted by molar-refractivity contribution is 0.0906. The molecule has 0 radical (unpaired) electrons. The lowest BCUT2D eigenvalue weighted by Crippen LogP contribution is -2.47. The van der Waals surface area contributed by atoms with E-state index in [1.165, 1.54) is 0 Å². The average Bonchev–Trinajstić information content (AvgIpc) is 2.53. The van der Waals surface area contributed by atoms with Crippen molar-refractivity contribution in [2.24, 2.45) is 0 Å². The van der Waals surface area contributed by atoms with Crippen LogP contribution in [0.3, 0.4) is 0 Å². The first-order valence-corrected chi connectivity index (χ1v) is 7.46. The quantitative estimate of drug-likeness (QED) is 0.822. The van der Waals surface area contributed by atoms with Crippen LogP contribution in [0, 0.1) is 11.8 Å². The van der Waals surface area contributed by atoms with Crippen LogP contribution in [-0.4, -0.2) is 48.2 Å². The zero-order valence-electron chi connectivity index (χ0n) is 12.4. The van der Waals surface area contributed by atoms with E-state index in [2.05, 4.69) is 29.0 Å². The smallest absolute Gasteiger partial charge is 0.251 e. The summed E-state index contributed by atoms with van der Waals surface area (Å²) in [5, 5.41) is 11.8. The number of hydrogen-bond donors (Lipinski definition) is 2. The van der Waals surface area contributed by atoms with E-state index in [4.69, 9.17) is 5.11 Å². The number of rotatable bonds is 3. The van der Waals surface area contributed by atoms with Gasteiger partial charge in [-0.15, -0.1) is 0 Å². The predicted octanol–water partition coefficient (Wildman–Crippen LogP) is 1.24. The fraction of sp³-hybridized carbons (Fsp3) is 0.471. The lowest BCUT2D eigenvalue weighted by Gasteiger charge is -2.32. The van der Waals surface area contributed by atoms with E-state index >= 15 is 0 Å². The normalized spacial score (nSPS) is 18.7. The van der Waals surface area contributed by atoms with Crippen LogP contribution in [0.1, 0.15) is 35.7 Å². The third kappa shape index (κ3) is 4.59. The van der Waals surface area contributed by atoms with Gasteiger partial charge in [0.1, 0.15) is 6.61 Å². The highest BCUT2D eigenvalue weighted by atomic mass is 16.2. The number of aliphatic hydroxyl groups excluding tert-OH is 1. The van der Waals surface area contributed by atoms with Gasteiger partial charge < -0.3 is 15.3 Å². The Morgan fingerprint density at radius 2 is 2.19 bits per heavy atom. The monoisotopic (exact) mass is 286 g/mol. The van der Waals surface area contributed by atoms with Crippen LogP contribution in [0.4, 0.5) is 0 Å². The van der Waals surface area contributed by atoms with Crippen LogP contribution in [0.15, 0.2) is 24.3 Å². The van der Waals surface area contributed by atoms with Gasteiger partial charge in [-0.1, -0.05) is 18.8 Å². The Kier molecular flexibility index (Phi) is 5.79. The second-order valence-corrected chi connectivity index (χ2v) is 5.24. The molecule has 1 aliphatic heterocycles. The van der Waals surface area contributed by atoms with Crippen LogP contribution in [0.5, 0.6) is 0 Å². The number of hydrogen-bond acceptors (Lipinski definition) is 3. The number of benzene rings is 1. The molecule has 0 spiro atoms. The van der Waals surface area contributed by atoms with E-state index in [0.717, 1.165) is 38.0 Å². The van der Waals surface area contributed by atoms with Crippen molar-refractivity contribution in [3.8, 4) is 11.8 Å². The van der Waals surface area contributed by atoms with E-state index in [1.54, 1.807) is 24.3 Å². The van der Waals surface area contributed by atoms with Gasteiger partial charge >= 0.3 is 0 Å². The van der Waals surface area contributed by atoms with Crippen LogP contribution in [0.2, 0.25) is 0 Å². The molecule has 1 unspecified atom stereocenters. The van der Waals surface area contributed by atoms with Gasteiger partial charge in [0.15, 0.2) is 0 Å². The maximum atomic E-state index is 12.2. The molecule has 1 aliphatic rings. The molecule has 1 fully saturated rings. The number of likely N-dealkylation sites (tertiary alicyclic amines) is 1. The Hall–Kier alpha value is -1.83. The van der Waals surface area contributed by atoms with E-state index in [-0.39, 0.29) is 18.6 Å². The first-order valence-electron chi connectivity index (χ1n) is 7.46. The van der Waals surface area contributed by atoms with Crippen molar-refractivity contribution in [3.05, 3.63) is 35.4 Å². The van der Waals surface area contributed by atoms with E-state index < -0.39 is 0 Å². The molecular weight excluding hydrogens is 264 g/mol. The molecule has 0 saturated carbocycles. The zero-order valence-corrected chi connectivity index (χ0v) is 12.4. The Bertz CT molecular complexity index is 528. The Balaban J connectivity index is 1.93. The summed E-state index contributed by atoms with van der Waals surface area (Å²) >= 11 is 0. The van der Waals surface area contributed by atoms with Crippen LogP contribution in [0.25, 0.3) is 0 Å². The summed E-state index contributed by atoms with van der Waals surface area (Å²) in [6.07, 6.45) is 2.18. The molecule has 4 nitrogen and oxygen atoms in total. The van der Waals surface area contributed by atoms with Gasteiger partial charge in [-0.3, -0.25) is 4.79 Å². The Labute approximate surface area is 126 Å². The van der Waals surface area contributed by atoms with Gasteiger partial charge in [-0.05, 0) is 50.2 Å². The number of carbonyl (C=O) groups is 1. The third-order valence-corrected chi connectivity index (χ3v) is 3.75. The highest BCUT2D eigenvalue weighted by Gasteiger charge is 2.20. The molecule has 0 aromatic heterocycles. The predicted molar refractivity (Wildman–Crippen MR) is 83.0 cm³/mol. The van der Waals surface area contributed by atoms with Gasteiger partial charge in [0.2, 0.25) is 0 Å². The molecular formula is C17H22N2O2. The molecule has 4 heteroatoms. The molecule has 1 atom stereocenters. The molecule has 112 valence electrons. The number of piperidine rings is 1. The summed E-state index contributed by atoms with van der Waals surface area (Å²) < 4.78 is 0. The lowest BCUT2D eigenvalue weighted by atomic mass is 10.0. The third-order valence-electron chi connectivity index (χ3n) is 3.75. The molecule has 21 heavy (non-hydrogen) atoms. The number of likely N-dealkylation sites (N-methyl/N-ethyl adjacent to an activating group) is 1. The van der Waals surface area contributed by atoms with Gasteiger partial charge in [-0.25, -0.2) is 0 Å². The maximum absolute atomic E-state index is 12.2. The van der Waals surface area contributed by atoms with Crippen molar-refractivity contribution in [2.75, 3.05) is 26.2 Å². The molecule has 0 bridgehead atoms. The van der Waals surface area contributed by atoms with Gasteiger partial charge in [-0.2, -0.15) is 0 Å². The topological polar surface area (TPSA) is 52.6 Å². The van der Waals surface area contributed by atoms with Gasteiger partial charge in [0.05, 0.1) is 0 Å². The van der Waals surface area contributed by atoms with Crippen LogP contribution >= 0.6 is 0 Å². The standard InChI is InChI=1S/C17H22N2O2/c1-2-19-11-3-6-16(13-19)18-17(21)15-9-7-14(8-10-15)5-4-12-20/h7-10,16,20H,2-3,6,11-13H2,1H3,(H,18,21). The first kappa shape index (κ1) is 15.6. The molecule has 1 amide bonds. The van der Waals surface area contributed by atoms with E-state index in [0.29, 0.717) is 5.56 Å². The number of amides is 1. The molecule has 0 aliphatic carbocycles. The maximum Gasteiger partial charge on any atom is 0.251 e. The summed E-state index contributed by atoms with van der Waals surface area (Å²) in [5.74, 6) is 5.38. The number of carbonyl (C=O) groups excluding carboxylic acids is 1. The highest BCUT2D eigenvalue weighted by molar-refractivity contribution is 5.94. The average molecular weight is 286 g/mol. The minimum absolute atomic E-state index is 0.0281. The number of nitrogens with one attached hydrogen (secondary N) is 1. The minimum atomic E-state index is -0.155. The zero-order chi connectivity index (χ0) is 15.1. The summed E-state index contributed by atoms with van der Waals surface area (Å²) in [6, 6.07) is 7.39. The van der Waals surface area contributed by atoms with E-state index in [1.807, 2.05) is 0 Å². The van der Waals surface area contributed by atoms with Gasteiger partial charge in [0, 0.05) is 23.7 Å². The second-order valence-electron chi connectivity index (χ2n) is 5.24. The Morgan fingerprint density at radius 3 is 2.86 bits per heavy atom. The largest absolute Gasteiger partial charge is 0.384 e. The molecule has 2 rings (SSSR count). The Morgan fingerprint density at radius 1 is 1.43 bits per heavy atom. The fourth-order valence-electron chi connectivity index (χ4n) is 2.58. The number of nitrogens with zero attached hydrogens (tertiary/aromatic N) is 1. The summed E-state index contributed by atoms with van der Waals surface area (Å²) in [5.41, 5.74) is 1.45. The summed E-state index contributed by atoms with van der Waals surface area (Å²) in [7, 11) is 0. The van der Waals surface area contributed by atoms with Crippen LogP contribution < -0.4 is 5.32 Å². The van der Waals surface area contributed by atoms with Crippen molar-refractivity contribution in [2.45, 2.75) is 25.8 Å². The molecule has 2 N–H and O–H groups in total. The molecule has 1 saturated heterocycles. The highest BCUT2D eigenvalue weighted by Crippen LogP contribution is 2.11. The van der Waals surface area contributed by atoms with Crippen molar-refractivity contribution in [1.82, 2.24) is 10.2 Å². The fourth-order valence-corrected chi connectivity index (χ4v) is 2.58. The van der Waals surface area contributed by atoms with Crippen LogP contribution in [-0.2, 0) is 0 Å². The first-order chi connectivity index (χ1) is 10.2. The van der Waals surface area contributed by atoms with Crippen molar-refractivity contribution in [1.29, 1.82) is 0 Å². The van der Waals surface area contributed by atoms with Crippen molar-refractivity contribution < 1.29 is 9.90 Å².